The van der Waals surface area contributed by atoms with Crippen LogP contribution in [0.3, 0.4) is 0 Å². The van der Waals surface area contributed by atoms with E-state index in [9.17, 15) is 31.9 Å². The lowest BCUT2D eigenvalue weighted by Gasteiger charge is -2.30. The standard InChI is InChI=1S/C25H20F4N6O3/c1-30-22(37)20-19-12-34(8-9-35(19)24(31-20)25(27,28)29)23(38)16-10-13(6-7-17(16)26)11-18-14-4-2-3-5-15(14)21(36)33-32-18/h2-7,10H,8-9,11-12H2,1H3,(H,30,37)(H,33,36). The van der Waals surface area contributed by atoms with Gasteiger partial charge in [0, 0.05) is 31.9 Å². The SMILES string of the molecule is CNC(=O)c1nc(C(F)(F)F)n2c1CN(C(=O)c1cc(Cc3n[nH]c(=O)c4ccccc34)ccc1F)CC2. The second kappa shape index (κ2) is 9.39. The van der Waals surface area contributed by atoms with Crippen LogP contribution in [-0.4, -0.2) is 50.1 Å². The molecule has 2 N–H and O–H groups in total. The Bertz CT molecular complexity index is 1640. The molecule has 0 bridgehead atoms. The first-order chi connectivity index (χ1) is 18.1. The molecule has 38 heavy (non-hydrogen) atoms. The van der Waals surface area contributed by atoms with Crippen molar-refractivity contribution < 1.29 is 27.2 Å². The molecular formula is C25H20F4N6O3. The molecule has 0 unspecified atom stereocenters. The molecule has 1 aliphatic rings. The van der Waals surface area contributed by atoms with Crippen molar-refractivity contribution in [3.8, 4) is 0 Å². The van der Waals surface area contributed by atoms with Crippen molar-refractivity contribution in [2.45, 2.75) is 25.7 Å². The van der Waals surface area contributed by atoms with E-state index in [-0.39, 0.29) is 42.9 Å². The van der Waals surface area contributed by atoms with E-state index in [4.69, 9.17) is 0 Å². The molecule has 0 spiro atoms. The molecule has 2 aromatic heterocycles. The third-order valence-corrected chi connectivity index (χ3v) is 6.40. The molecule has 0 fully saturated rings. The molecule has 4 aromatic rings. The zero-order chi connectivity index (χ0) is 27.2. The smallest absolute Gasteiger partial charge is 0.354 e. The number of aromatic nitrogens is 4. The van der Waals surface area contributed by atoms with E-state index in [1.54, 1.807) is 24.3 Å². The van der Waals surface area contributed by atoms with Crippen LogP contribution in [-0.2, 0) is 25.7 Å². The Morgan fingerprint density at radius 1 is 1.11 bits per heavy atom. The molecule has 13 heteroatoms. The molecule has 0 atom stereocenters. The van der Waals surface area contributed by atoms with Crippen molar-refractivity contribution in [1.29, 1.82) is 0 Å². The van der Waals surface area contributed by atoms with Gasteiger partial charge in [-0.1, -0.05) is 24.3 Å². The van der Waals surface area contributed by atoms with Gasteiger partial charge in [-0.15, -0.1) is 0 Å². The highest BCUT2D eigenvalue weighted by Crippen LogP contribution is 2.33. The molecule has 0 saturated carbocycles. The molecule has 2 aromatic carbocycles. The maximum atomic E-state index is 14.8. The van der Waals surface area contributed by atoms with Crippen molar-refractivity contribution in [2.24, 2.45) is 0 Å². The number of fused-ring (bicyclic) bond motifs is 2. The minimum absolute atomic E-state index is 0.0863. The Kier molecular flexibility index (Phi) is 6.21. The number of aromatic amines is 1. The van der Waals surface area contributed by atoms with Crippen LogP contribution in [0.1, 0.15) is 43.6 Å². The number of nitrogens with one attached hydrogen (secondary N) is 2. The quantitative estimate of drug-likeness (QED) is 0.396. The van der Waals surface area contributed by atoms with Gasteiger partial charge >= 0.3 is 6.18 Å². The topological polar surface area (TPSA) is 113 Å². The number of hydrogen-bond donors (Lipinski definition) is 2. The first-order valence-electron chi connectivity index (χ1n) is 11.5. The van der Waals surface area contributed by atoms with E-state index < -0.39 is 35.3 Å². The minimum atomic E-state index is -4.80. The highest BCUT2D eigenvalue weighted by atomic mass is 19.4. The summed E-state index contributed by atoms with van der Waals surface area (Å²) in [5.74, 6) is -3.61. The summed E-state index contributed by atoms with van der Waals surface area (Å²) in [4.78, 5) is 42.3. The van der Waals surface area contributed by atoms with E-state index in [0.717, 1.165) is 10.6 Å². The number of imidazole rings is 1. The summed E-state index contributed by atoms with van der Waals surface area (Å²) in [5, 5.41) is 9.83. The highest BCUT2D eigenvalue weighted by molar-refractivity contribution is 5.96. The van der Waals surface area contributed by atoms with Crippen molar-refractivity contribution >= 4 is 22.6 Å². The number of carbonyl (C=O) groups is 2. The molecule has 0 aliphatic carbocycles. The van der Waals surface area contributed by atoms with Gasteiger partial charge in [-0.25, -0.2) is 14.5 Å². The maximum Gasteiger partial charge on any atom is 0.449 e. The van der Waals surface area contributed by atoms with E-state index in [2.05, 4.69) is 20.5 Å². The number of amides is 2. The molecule has 5 rings (SSSR count). The van der Waals surface area contributed by atoms with Crippen LogP contribution in [0.15, 0.2) is 47.3 Å². The first-order valence-corrected chi connectivity index (χ1v) is 11.5. The van der Waals surface area contributed by atoms with Crippen LogP contribution in [0.4, 0.5) is 17.6 Å². The molecule has 1 aliphatic heterocycles. The normalized spacial score (nSPS) is 13.4. The molecule has 0 radical (unpaired) electrons. The highest BCUT2D eigenvalue weighted by Gasteiger charge is 2.41. The monoisotopic (exact) mass is 528 g/mol. The Labute approximate surface area is 212 Å². The van der Waals surface area contributed by atoms with Gasteiger partial charge in [0.05, 0.1) is 28.9 Å². The number of nitrogens with zero attached hydrogens (tertiary/aromatic N) is 4. The molecule has 2 amide bonds. The largest absolute Gasteiger partial charge is 0.449 e. The lowest BCUT2D eigenvalue weighted by atomic mass is 10.0. The second-order valence-electron chi connectivity index (χ2n) is 8.72. The van der Waals surface area contributed by atoms with Crippen LogP contribution in [0.5, 0.6) is 0 Å². The van der Waals surface area contributed by atoms with Crippen molar-refractivity contribution in [1.82, 2.24) is 30.0 Å². The maximum absolute atomic E-state index is 14.8. The summed E-state index contributed by atoms with van der Waals surface area (Å²) >= 11 is 0. The molecule has 0 saturated heterocycles. The third-order valence-electron chi connectivity index (χ3n) is 6.40. The number of halogens is 4. The summed E-state index contributed by atoms with van der Waals surface area (Å²) in [6.07, 6.45) is -4.62. The van der Waals surface area contributed by atoms with Crippen molar-refractivity contribution in [3.05, 3.63) is 92.7 Å². The first kappa shape index (κ1) is 25.1. The number of benzene rings is 2. The van der Waals surface area contributed by atoms with Gasteiger partial charge in [0.1, 0.15) is 5.82 Å². The van der Waals surface area contributed by atoms with Gasteiger partial charge in [0.2, 0.25) is 5.82 Å². The minimum Gasteiger partial charge on any atom is -0.354 e. The van der Waals surface area contributed by atoms with Crippen molar-refractivity contribution in [3.63, 3.8) is 0 Å². The molecule has 196 valence electrons. The zero-order valence-electron chi connectivity index (χ0n) is 19.9. The van der Waals surface area contributed by atoms with Gasteiger partial charge in [-0.05, 0) is 23.8 Å². The van der Waals surface area contributed by atoms with Gasteiger partial charge in [-0.3, -0.25) is 14.4 Å². The summed E-state index contributed by atoms with van der Waals surface area (Å²) < 4.78 is 56.2. The van der Waals surface area contributed by atoms with E-state index in [1.165, 1.54) is 24.1 Å². The fourth-order valence-corrected chi connectivity index (χ4v) is 4.57. The number of H-pyrrole nitrogens is 1. The van der Waals surface area contributed by atoms with Gasteiger partial charge < -0.3 is 14.8 Å². The summed E-state index contributed by atoms with van der Waals surface area (Å²) in [6.45, 7) is -0.775. The molecule has 3 heterocycles. The number of rotatable bonds is 4. The fraction of sp³-hybridized carbons (Fsp3) is 0.240. The van der Waals surface area contributed by atoms with Crippen LogP contribution in [0.25, 0.3) is 10.8 Å². The Balaban J connectivity index is 1.46. The van der Waals surface area contributed by atoms with Crippen LogP contribution >= 0.6 is 0 Å². The molecular weight excluding hydrogens is 508 g/mol. The van der Waals surface area contributed by atoms with Gasteiger partial charge in [-0.2, -0.15) is 18.3 Å². The lowest BCUT2D eigenvalue weighted by Crippen LogP contribution is -2.40. The number of carbonyl (C=O) groups excluding carboxylic acids is 2. The Morgan fingerprint density at radius 3 is 2.55 bits per heavy atom. The number of hydrogen-bond acceptors (Lipinski definition) is 5. The summed E-state index contributed by atoms with van der Waals surface area (Å²) in [5.41, 5.74) is -0.108. The molecule has 9 nitrogen and oxygen atoms in total. The zero-order valence-corrected chi connectivity index (χ0v) is 19.9. The third kappa shape index (κ3) is 4.40. The summed E-state index contributed by atoms with van der Waals surface area (Å²) in [7, 11) is 1.26. The summed E-state index contributed by atoms with van der Waals surface area (Å²) in [6, 6.07) is 10.8. The average Bonchev–Trinajstić information content (AvgIpc) is 3.30. The van der Waals surface area contributed by atoms with Crippen molar-refractivity contribution in [2.75, 3.05) is 13.6 Å². The van der Waals surface area contributed by atoms with Gasteiger partial charge in [0.15, 0.2) is 5.69 Å². The Morgan fingerprint density at radius 2 is 1.84 bits per heavy atom. The van der Waals surface area contributed by atoms with E-state index in [1.807, 2.05) is 0 Å². The average molecular weight is 528 g/mol. The van der Waals surface area contributed by atoms with Crippen LogP contribution in [0.2, 0.25) is 0 Å². The second-order valence-corrected chi connectivity index (χ2v) is 8.72. The van der Waals surface area contributed by atoms with Crippen LogP contribution < -0.4 is 10.9 Å². The van der Waals surface area contributed by atoms with E-state index >= 15 is 0 Å². The lowest BCUT2D eigenvalue weighted by molar-refractivity contribution is -0.147. The van der Waals surface area contributed by atoms with Gasteiger partial charge in [0.25, 0.3) is 17.4 Å². The predicted molar refractivity (Wildman–Crippen MR) is 127 cm³/mol. The Hall–Kier alpha value is -4.55. The van der Waals surface area contributed by atoms with E-state index in [0.29, 0.717) is 22.0 Å². The van der Waals surface area contributed by atoms with Crippen LogP contribution in [0, 0.1) is 5.82 Å². The fourth-order valence-electron chi connectivity index (χ4n) is 4.57. The number of alkyl halides is 3. The predicted octanol–water partition coefficient (Wildman–Crippen LogP) is 2.88.